The number of hydrogen-bond donors (Lipinski definition) is 1. The van der Waals surface area contributed by atoms with Gasteiger partial charge in [0.15, 0.2) is 0 Å². The average molecular weight is 260 g/mol. The molecular formula is C10H21NaO4S. The van der Waals surface area contributed by atoms with E-state index in [9.17, 15) is 18.1 Å². The molecule has 2 atom stereocenters. The van der Waals surface area contributed by atoms with Gasteiger partial charge < -0.3 is 9.66 Å². The van der Waals surface area contributed by atoms with Crippen LogP contribution in [0.2, 0.25) is 0 Å². The second kappa shape index (κ2) is 9.85. The maximum absolute atomic E-state index is 10.6. The van der Waals surface area contributed by atoms with E-state index in [4.69, 9.17) is 0 Å². The van der Waals surface area contributed by atoms with Crippen molar-refractivity contribution in [2.75, 3.05) is 0 Å². The Labute approximate surface area is 121 Å². The van der Waals surface area contributed by atoms with Gasteiger partial charge in [0, 0.05) is 0 Å². The predicted octanol–water partition coefficient (Wildman–Crippen LogP) is -1.35. The van der Waals surface area contributed by atoms with E-state index in [1.807, 2.05) is 0 Å². The summed E-state index contributed by atoms with van der Waals surface area (Å²) in [4.78, 5) is 0. The van der Waals surface area contributed by atoms with Crippen LogP contribution < -0.4 is 29.6 Å². The van der Waals surface area contributed by atoms with E-state index in [1.165, 1.54) is 6.92 Å². The molecule has 6 heteroatoms. The standard InChI is InChI=1S/C10H22O4S.Na/c1-3-4-5-6-7-8-10(11)9(2)15(12,13)14;/h9-11H,3-8H2,1-2H3,(H,12,13,14);/q;+1/p-1. The molecule has 0 aromatic rings. The van der Waals surface area contributed by atoms with E-state index < -0.39 is 21.5 Å². The molecule has 0 aliphatic rings. The van der Waals surface area contributed by atoms with E-state index >= 15 is 0 Å². The maximum atomic E-state index is 10.6. The van der Waals surface area contributed by atoms with Crippen molar-refractivity contribution >= 4 is 10.1 Å². The molecule has 0 fully saturated rings. The molecule has 92 valence electrons. The predicted molar refractivity (Wildman–Crippen MR) is 58.5 cm³/mol. The van der Waals surface area contributed by atoms with Gasteiger partial charge in [0.25, 0.3) is 0 Å². The van der Waals surface area contributed by atoms with Gasteiger partial charge in [-0.1, -0.05) is 39.0 Å². The summed E-state index contributed by atoms with van der Waals surface area (Å²) >= 11 is 0. The molecule has 0 rings (SSSR count). The zero-order chi connectivity index (χ0) is 11.9. The summed E-state index contributed by atoms with van der Waals surface area (Å²) in [6.45, 7) is 3.37. The Bertz CT molecular complexity index is 254. The van der Waals surface area contributed by atoms with Gasteiger partial charge in [-0.3, -0.25) is 0 Å². The molecule has 0 spiro atoms. The zero-order valence-electron chi connectivity index (χ0n) is 10.5. The van der Waals surface area contributed by atoms with Crippen LogP contribution >= 0.6 is 0 Å². The normalized spacial score (nSPS) is 15.2. The largest absolute Gasteiger partial charge is 1.00 e. The molecule has 0 heterocycles. The van der Waals surface area contributed by atoms with Crippen LogP contribution in [0, 0.1) is 0 Å². The fraction of sp³-hybridized carbons (Fsp3) is 1.00. The number of hydrogen-bond acceptors (Lipinski definition) is 4. The van der Waals surface area contributed by atoms with E-state index in [0.29, 0.717) is 6.42 Å². The molecule has 1 N–H and O–H groups in total. The van der Waals surface area contributed by atoms with Crippen molar-refractivity contribution in [2.45, 2.75) is 63.7 Å². The number of aliphatic hydroxyl groups excluding tert-OH is 1. The Morgan fingerprint density at radius 1 is 1.19 bits per heavy atom. The molecule has 2 unspecified atom stereocenters. The van der Waals surface area contributed by atoms with Gasteiger partial charge in [-0.15, -0.1) is 0 Å². The fourth-order valence-electron chi connectivity index (χ4n) is 1.38. The topological polar surface area (TPSA) is 77.4 Å². The van der Waals surface area contributed by atoms with Crippen molar-refractivity contribution in [2.24, 2.45) is 0 Å². The Kier molecular flexibility index (Phi) is 11.8. The number of aliphatic hydroxyl groups is 1. The molecule has 0 saturated carbocycles. The summed E-state index contributed by atoms with van der Waals surface area (Å²) in [6, 6.07) is 0. The molecule has 0 aromatic heterocycles. The van der Waals surface area contributed by atoms with Gasteiger partial charge in [0.05, 0.1) is 21.5 Å². The summed E-state index contributed by atoms with van der Waals surface area (Å²) < 4.78 is 31.8. The second-order valence-corrected chi connectivity index (χ2v) is 5.70. The molecule has 16 heavy (non-hydrogen) atoms. The van der Waals surface area contributed by atoms with Crippen LogP contribution in [-0.2, 0) is 10.1 Å². The van der Waals surface area contributed by atoms with Gasteiger partial charge in [0.2, 0.25) is 0 Å². The molecule has 0 amide bonds. The Morgan fingerprint density at radius 2 is 1.69 bits per heavy atom. The van der Waals surface area contributed by atoms with Gasteiger partial charge in [-0.2, -0.15) is 0 Å². The number of unbranched alkanes of at least 4 members (excludes halogenated alkanes) is 4. The van der Waals surface area contributed by atoms with Gasteiger partial charge in [0.1, 0.15) is 0 Å². The summed E-state index contributed by atoms with van der Waals surface area (Å²) in [5.74, 6) is 0. The monoisotopic (exact) mass is 260 g/mol. The second-order valence-electron chi connectivity index (χ2n) is 3.97. The molecule has 0 bridgehead atoms. The van der Waals surface area contributed by atoms with Crippen LogP contribution in [0.15, 0.2) is 0 Å². The molecule has 0 aliphatic heterocycles. The minimum absolute atomic E-state index is 0. The molecule has 0 radical (unpaired) electrons. The Balaban J connectivity index is 0. The SMILES string of the molecule is CCCCCCCC(O)C(C)S(=O)(=O)[O-].[Na+]. The molecule has 0 saturated heterocycles. The van der Waals surface area contributed by atoms with Gasteiger partial charge in [-0.05, 0) is 13.3 Å². The zero-order valence-corrected chi connectivity index (χ0v) is 13.3. The average Bonchev–Trinajstić information content (AvgIpc) is 2.14. The first kappa shape index (κ1) is 19.2. The smallest absolute Gasteiger partial charge is 0.748 e. The minimum Gasteiger partial charge on any atom is -0.748 e. The van der Waals surface area contributed by atoms with Crippen LogP contribution in [0.25, 0.3) is 0 Å². The van der Waals surface area contributed by atoms with Crippen LogP contribution in [0.4, 0.5) is 0 Å². The molecule has 4 nitrogen and oxygen atoms in total. The molecular weight excluding hydrogens is 239 g/mol. The number of rotatable bonds is 8. The van der Waals surface area contributed by atoms with Crippen molar-refractivity contribution in [3.8, 4) is 0 Å². The first-order valence-electron chi connectivity index (χ1n) is 5.52. The maximum Gasteiger partial charge on any atom is 1.00 e. The van der Waals surface area contributed by atoms with Crippen LogP contribution in [-0.4, -0.2) is 29.4 Å². The van der Waals surface area contributed by atoms with E-state index in [2.05, 4.69) is 6.92 Å². The minimum atomic E-state index is -4.35. The van der Waals surface area contributed by atoms with E-state index in [-0.39, 0.29) is 29.6 Å². The summed E-state index contributed by atoms with van der Waals surface area (Å²) in [6.07, 6.45) is 4.54. The Morgan fingerprint density at radius 3 is 2.12 bits per heavy atom. The van der Waals surface area contributed by atoms with Crippen LogP contribution in [0.3, 0.4) is 0 Å². The quantitative estimate of drug-likeness (QED) is 0.332. The van der Waals surface area contributed by atoms with Gasteiger partial charge in [-0.25, -0.2) is 8.42 Å². The van der Waals surface area contributed by atoms with Crippen LogP contribution in [0.1, 0.15) is 52.4 Å². The third-order valence-electron chi connectivity index (χ3n) is 2.60. The summed E-state index contributed by atoms with van der Waals surface area (Å²) in [7, 11) is -4.35. The van der Waals surface area contributed by atoms with Crippen molar-refractivity contribution < 1.29 is 47.6 Å². The first-order chi connectivity index (χ1) is 6.89. The van der Waals surface area contributed by atoms with Crippen molar-refractivity contribution in [3.63, 3.8) is 0 Å². The third kappa shape index (κ3) is 8.96. The fourth-order valence-corrected chi connectivity index (χ4v) is 1.90. The van der Waals surface area contributed by atoms with Crippen molar-refractivity contribution in [3.05, 3.63) is 0 Å². The Hall–Kier alpha value is 0.870. The molecule has 0 aliphatic carbocycles. The third-order valence-corrected chi connectivity index (χ3v) is 3.83. The van der Waals surface area contributed by atoms with E-state index in [0.717, 1.165) is 32.1 Å². The van der Waals surface area contributed by atoms with E-state index in [1.54, 1.807) is 0 Å². The van der Waals surface area contributed by atoms with Crippen molar-refractivity contribution in [1.29, 1.82) is 0 Å². The summed E-state index contributed by atoms with van der Waals surface area (Å²) in [5, 5.41) is 8.24. The van der Waals surface area contributed by atoms with Gasteiger partial charge >= 0.3 is 29.6 Å². The molecule has 0 aromatic carbocycles. The van der Waals surface area contributed by atoms with Crippen molar-refractivity contribution in [1.82, 2.24) is 0 Å². The summed E-state index contributed by atoms with van der Waals surface area (Å²) in [5.41, 5.74) is 0. The van der Waals surface area contributed by atoms with Crippen LogP contribution in [0.5, 0.6) is 0 Å². The first-order valence-corrected chi connectivity index (χ1v) is 6.99.